The van der Waals surface area contributed by atoms with E-state index >= 15 is 0 Å². The van der Waals surface area contributed by atoms with Crippen molar-refractivity contribution in [2.45, 2.75) is 6.92 Å². The molecule has 46 heavy (non-hydrogen) atoms. The summed E-state index contributed by atoms with van der Waals surface area (Å²) in [4.78, 5) is 45.7. The van der Waals surface area contributed by atoms with E-state index in [-0.39, 0.29) is 11.1 Å². The van der Waals surface area contributed by atoms with Crippen LogP contribution in [0.25, 0.3) is 22.5 Å². The molecular formula is C30H25Cl3N6O7. The Hall–Kier alpha value is -5.11. The number of halogens is 3. The van der Waals surface area contributed by atoms with Gasteiger partial charge < -0.3 is 24.4 Å². The first-order valence-electron chi connectivity index (χ1n) is 12.8. The van der Waals surface area contributed by atoms with E-state index in [4.69, 9.17) is 54.1 Å². The van der Waals surface area contributed by atoms with Crippen LogP contribution in [0.15, 0.2) is 67.5 Å². The van der Waals surface area contributed by atoms with Gasteiger partial charge in [0.15, 0.2) is 0 Å². The minimum atomic E-state index is -1.04. The summed E-state index contributed by atoms with van der Waals surface area (Å²) in [6, 6.07) is 12.2. The second kappa shape index (κ2) is 16.8. The number of carboxylic acids is 2. The Morgan fingerprint density at radius 3 is 1.65 bits per heavy atom. The summed E-state index contributed by atoms with van der Waals surface area (Å²) in [5.74, 6) is -0.876. The molecule has 2 aromatic carbocycles. The van der Waals surface area contributed by atoms with Crippen LogP contribution in [0.1, 0.15) is 26.3 Å². The van der Waals surface area contributed by atoms with E-state index in [0.717, 1.165) is 0 Å². The molecule has 0 radical (unpaired) electrons. The normalized spacial score (nSPS) is 9.98. The quantitative estimate of drug-likeness (QED) is 0.178. The van der Waals surface area contributed by atoms with E-state index in [0.29, 0.717) is 60.9 Å². The first-order chi connectivity index (χ1) is 22.0. The maximum absolute atomic E-state index is 11.3. The van der Waals surface area contributed by atoms with Crippen LogP contribution < -0.4 is 14.2 Å². The Morgan fingerprint density at radius 2 is 1.13 bits per heavy atom. The van der Waals surface area contributed by atoms with Gasteiger partial charge in [-0.25, -0.2) is 39.5 Å². The van der Waals surface area contributed by atoms with Gasteiger partial charge in [0.1, 0.15) is 24.1 Å². The number of aromatic carboxylic acids is 2. The monoisotopic (exact) mass is 686 g/mol. The molecule has 2 N–H and O–H groups in total. The topological polar surface area (TPSA) is 180 Å². The van der Waals surface area contributed by atoms with Crippen LogP contribution in [0, 0.1) is 6.92 Å². The van der Waals surface area contributed by atoms with Crippen LogP contribution in [0.4, 0.5) is 0 Å². The first kappa shape index (κ1) is 35.4. The van der Waals surface area contributed by atoms with Crippen LogP contribution in [-0.2, 0) is 0 Å². The van der Waals surface area contributed by atoms with Crippen molar-refractivity contribution < 1.29 is 34.0 Å². The fourth-order valence-electron chi connectivity index (χ4n) is 3.72. The molecule has 16 heteroatoms. The number of hydrogen-bond donors (Lipinski definition) is 2. The highest BCUT2D eigenvalue weighted by Gasteiger charge is 2.18. The number of nitrogens with zero attached hydrogens (tertiary/aromatic N) is 6. The van der Waals surface area contributed by atoms with Gasteiger partial charge in [0.05, 0.1) is 43.8 Å². The fourth-order valence-corrected chi connectivity index (χ4v) is 4.19. The summed E-state index contributed by atoms with van der Waals surface area (Å²) in [5.41, 5.74) is 2.73. The summed E-state index contributed by atoms with van der Waals surface area (Å²) in [7, 11) is 4.48. The van der Waals surface area contributed by atoms with Crippen molar-refractivity contribution in [1.29, 1.82) is 0 Å². The van der Waals surface area contributed by atoms with Crippen molar-refractivity contribution in [3.05, 3.63) is 99.4 Å². The smallest absolute Gasteiger partial charge is 0.336 e. The third-order valence-corrected chi connectivity index (χ3v) is 6.74. The lowest BCUT2D eigenvalue weighted by molar-refractivity contribution is 0.0686. The lowest BCUT2D eigenvalue weighted by Crippen LogP contribution is -2.03. The van der Waals surface area contributed by atoms with E-state index in [9.17, 15) is 14.7 Å². The van der Waals surface area contributed by atoms with Gasteiger partial charge in [-0.3, -0.25) is 0 Å². The van der Waals surface area contributed by atoms with Gasteiger partial charge in [0, 0.05) is 39.4 Å². The van der Waals surface area contributed by atoms with E-state index in [2.05, 4.69) is 29.9 Å². The SMILES string of the molecule is COc1cc(-c2c(C(=O)O)ccc(Cl)c2C)ncn1.COc1cc(-c2cc(Cl)ccc2C(=O)O)ncn1.COc1cc(Cl)ncn1. The minimum Gasteiger partial charge on any atom is -0.481 e. The summed E-state index contributed by atoms with van der Waals surface area (Å²) in [5, 5.41) is 19.7. The van der Waals surface area contributed by atoms with Gasteiger partial charge in [-0.2, -0.15) is 0 Å². The van der Waals surface area contributed by atoms with Crippen molar-refractivity contribution in [3.63, 3.8) is 0 Å². The van der Waals surface area contributed by atoms with Crippen molar-refractivity contribution in [2.24, 2.45) is 0 Å². The molecule has 0 saturated heterocycles. The van der Waals surface area contributed by atoms with Crippen molar-refractivity contribution in [1.82, 2.24) is 29.9 Å². The van der Waals surface area contributed by atoms with Gasteiger partial charge >= 0.3 is 11.9 Å². The third-order valence-electron chi connectivity index (χ3n) is 5.89. The lowest BCUT2D eigenvalue weighted by atomic mass is 9.99. The third kappa shape index (κ3) is 9.44. The molecule has 0 aliphatic heterocycles. The maximum atomic E-state index is 11.3. The summed E-state index contributed by atoms with van der Waals surface area (Å²) in [6.45, 7) is 1.75. The van der Waals surface area contributed by atoms with Crippen molar-refractivity contribution >= 4 is 46.7 Å². The molecule has 5 rings (SSSR count). The Balaban J connectivity index is 0.000000200. The molecule has 0 aliphatic carbocycles. The molecule has 3 aromatic heterocycles. The number of methoxy groups -OCH3 is 3. The summed E-state index contributed by atoms with van der Waals surface area (Å²) < 4.78 is 14.8. The predicted octanol–water partition coefficient (Wildman–Crippen LogP) is 6.45. The molecule has 0 aliphatic rings. The van der Waals surface area contributed by atoms with E-state index < -0.39 is 11.9 Å². The number of carbonyl (C=O) groups is 2. The average Bonchev–Trinajstić information content (AvgIpc) is 3.06. The Bertz CT molecular complexity index is 1850. The van der Waals surface area contributed by atoms with Gasteiger partial charge in [0.25, 0.3) is 0 Å². The second-order valence-corrected chi connectivity index (χ2v) is 9.90. The first-order valence-corrected chi connectivity index (χ1v) is 13.9. The van der Waals surface area contributed by atoms with Gasteiger partial charge in [-0.15, -0.1) is 0 Å². The second-order valence-electron chi connectivity index (χ2n) is 8.67. The maximum Gasteiger partial charge on any atom is 0.336 e. The van der Waals surface area contributed by atoms with Crippen LogP contribution in [0.2, 0.25) is 15.2 Å². The molecule has 0 fully saturated rings. The van der Waals surface area contributed by atoms with E-state index in [1.165, 1.54) is 58.5 Å². The molecule has 3 heterocycles. The van der Waals surface area contributed by atoms with E-state index in [1.807, 2.05) is 0 Å². The molecule has 0 unspecified atom stereocenters. The van der Waals surface area contributed by atoms with Crippen LogP contribution in [0.5, 0.6) is 17.6 Å². The molecule has 0 spiro atoms. The molecule has 0 bridgehead atoms. The summed E-state index contributed by atoms with van der Waals surface area (Å²) >= 11 is 17.4. The zero-order valence-electron chi connectivity index (χ0n) is 24.6. The minimum absolute atomic E-state index is 0.125. The standard InChI is InChI=1S/C13H11ClN2O3.C12H9ClN2O3.C5H5ClN2O/c1-7-9(14)4-3-8(13(17)18)12(7)10-5-11(19-2)16-6-15-10;1-18-11-5-10(14-6-15-11)9-4-7(13)2-3-8(9)12(16)17;1-9-5-2-4(6)7-3-8-5/h3-6H,1-2H3,(H,17,18);2-6H,1H3,(H,16,17);2-3H,1H3. The van der Waals surface area contributed by atoms with Gasteiger partial charge in [-0.05, 0) is 42.8 Å². The number of hydrogen-bond acceptors (Lipinski definition) is 11. The molecule has 0 amide bonds. The highest BCUT2D eigenvalue weighted by molar-refractivity contribution is 6.32. The summed E-state index contributed by atoms with van der Waals surface area (Å²) in [6.07, 6.45) is 3.97. The molecular weight excluding hydrogens is 663 g/mol. The molecule has 13 nitrogen and oxygen atoms in total. The fraction of sp³-hybridized carbons (Fsp3) is 0.133. The highest BCUT2D eigenvalue weighted by atomic mass is 35.5. The average molecular weight is 688 g/mol. The molecule has 0 saturated carbocycles. The largest absolute Gasteiger partial charge is 0.481 e. The Morgan fingerprint density at radius 1 is 0.630 bits per heavy atom. The van der Waals surface area contributed by atoms with Gasteiger partial charge in [0.2, 0.25) is 17.6 Å². The van der Waals surface area contributed by atoms with Crippen molar-refractivity contribution in [3.8, 4) is 40.2 Å². The zero-order chi connectivity index (χ0) is 33.8. The predicted molar refractivity (Wildman–Crippen MR) is 170 cm³/mol. The van der Waals surface area contributed by atoms with Crippen LogP contribution in [0.3, 0.4) is 0 Å². The lowest BCUT2D eigenvalue weighted by Gasteiger charge is -2.11. The zero-order valence-corrected chi connectivity index (χ0v) is 26.9. The number of carboxylic acid groups (broad SMARTS) is 2. The van der Waals surface area contributed by atoms with Crippen molar-refractivity contribution in [2.75, 3.05) is 21.3 Å². The highest BCUT2D eigenvalue weighted by Crippen LogP contribution is 2.32. The van der Waals surface area contributed by atoms with Gasteiger partial charge in [-0.1, -0.05) is 34.8 Å². The Kier molecular flexibility index (Phi) is 12.9. The van der Waals surface area contributed by atoms with E-state index in [1.54, 1.807) is 37.3 Å². The molecule has 238 valence electrons. The number of ether oxygens (including phenoxy) is 3. The Labute approximate surface area is 277 Å². The van der Waals surface area contributed by atoms with Crippen LogP contribution >= 0.6 is 34.8 Å². The molecule has 0 atom stereocenters. The van der Waals surface area contributed by atoms with Crippen LogP contribution in [-0.4, -0.2) is 73.4 Å². The molecule has 5 aromatic rings. The number of rotatable bonds is 7. The number of aromatic nitrogens is 6. The number of benzene rings is 2.